The molecule has 0 amide bonds. The smallest absolute Gasteiger partial charge is 0.355 e. The first-order valence-corrected chi connectivity index (χ1v) is 4.92. The molecule has 1 N–H and O–H groups in total. The Kier molecular flexibility index (Phi) is 2.02. The third kappa shape index (κ3) is 1.61. The van der Waals surface area contributed by atoms with Crippen molar-refractivity contribution in [2.24, 2.45) is 0 Å². The average molecular weight is 219 g/mol. The molecule has 1 aromatic heterocycles. The van der Waals surface area contributed by atoms with Crippen LogP contribution in [0.2, 0.25) is 0 Å². The van der Waals surface area contributed by atoms with E-state index in [4.69, 9.17) is 5.11 Å². The minimum atomic E-state index is -2.58. The Bertz CT molecular complexity index is 369. The summed E-state index contributed by atoms with van der Waals surface area (Å²) in [7, 11) is 0. The molecular formula is C8H7F2NO2S. The van der Waals surface area contributed by atoms with E-state index >= 15 is 0 Å². The van der Waals surface area contributed by atoms with E-state index in [2.05, 4.69) is 4.98 Å². The Hall–Kier alpha value is -1.04. The van der Waals surface area contributed by atoms with Gasteiger partial charge in [-0.25, -0.2) is 18.6 Å². The number of carbonyl (C=O) groups is 1. The van der Waals surface area contributed by atoms with Crippen molar-refractivity contribution in [2.45, 2.75) is 24.7 Å². The highest BCUT2D eigenvalue weighted by molar-refractivity contribution is 7.09. The summed E-state index contributed by atoms with van der Waals surface area (Å²) in [4.78, 5) is 14.2. The Morgan fingerprint density at radius 1 is 1.64 bits per heavy atom. The molecule has 0 unspecified atom stereocenters. The van der Waals surface area contributed by atoms with Crippen molar-refractivity contribution in [2.75, 3.05) is 0 Å². The molecule has 0 aliphatic heterocycles. The molecule has 0 spiro atoms. The van der Waals surface area contributed by atoms with E-state index in [1.54, 1.807) is 0 Å². The van der Waals surface area contributed by atoms with E-state index in [-0.39, 0.29) is 24.5 Å². The number of thiazole rings is 1. The summed E-state index contributed by atoms with van der Waals surface area (Å²) in [5.74, 6) is -3.96. The Morgan fingerprint density at radius 2 is 2.29 bits per heavy atom. The third-order valence-corrected chi connectivity index (χ3v) is 3.19. The lowest BCUT2D eigenvalue weighted by Crippen LogP contribution is -2.33. The molecule has 0 atom stereocenters. The van der Waals surface area contributed by atoms with Crippen LogP contribution in [-0.2, 0) is 0 Å². The maximum Gasteiger partial charge on any atom is 0.355 e. The van der Waals surface area contributed by atoms with Gasteiger partial charge in [0.15, 0.2) is 5.69 Å². The number of aromatic nitrogens is 1. The average Bonchev–Trinajstić information content (AvgIpc) is 2.47. The Balaban J connectivity index is 2.08. The predicted octanol–water partition coefficient (Wildman–Crippen LogP) is 2.35. The maximum absolute atomic E-state index is 12.5. The van der Waals surface area contributed by atoms with Crippen LogP contribution in [0.25, 0.3) is 0 Å². The molecule has 1 aromatic rings. The summed E-state index contributed by atoms with van der Waals surface area (Å²) >= 11 is 1.14. The highest BCUT2D eigenvalue weighted by atomic mass is 32.1. The van der Waals surface area contributed by atoms with Gasteiger partial charge in [0.25, 0.3) is 0 Å². The first kappa shape index (κ1) is 9.51. The standard InChI is InChI=1S/C8H7F2NO2S/c9-8(10)1-4(2-8)6-11-5(3-14-6)7(12)13/h3-4H,1-2H2,(H,12,13). The molecule has 6 heteroatoms. The van der Waals surface area contributed by atoms with Crippen LogP contribution in [-0.4, -0.2) is 22.0 Å². The fourth-order valence-electron chi connectivity index (χ4n) is 1.41. The van der Waals surface area contributed by atoms with Gasteiger partial charge >= 0.3 is 5.97 Å². The first-order chi connectivity index (χ1) is 6.48. The second kappa shape index (κ2) is 2.98. The summed E-state index contributed by atoms with van der Waals surface area (Å²) in [5, 5.41) is 10.5. The van der Waals surface area contributed by atoms with E-state index in [1.165, 1.54) is 5.38 Å². The monoisotopic (exact) mass is 219 g/mol. The quantitative estimate of drug-likeness (QED) is 0.830. The molecule has 0 bridgehead atoms. The molecule has 1 aliphatic carbocycles. The SMILES string of the molecule is O=C(O)c1csc(C2CC(F)(F)C2)n1. The number of rotatable bonds is 2. The molecule has 1 aliphatic rings. The lowest BCUT2D eigenvalue weighted by atomic mass is 9.82. The van der Waals surface area contributed by atoms with Gasteiger partial charge in [-0.2, -0.15) is 0 Å². The van der Waals surface area contributed by atoms with Crippen LogP contribution >= 0.6 is 11.3 Å². The van der Waals surface area contributed by atoms with Crippen molar-refractivity contribution in [1.29, 1.82) is 0 Å². The molecule has 1 saturated carbocycles. The summed E-state index contributed by atoms with van der Waals surface area (Å²) in [5.41, 5.74) is -0.0554. The molecule has 14 heavy (non-hydrogen) atoms. The van der Waals surface area contributed by atoms with E-state index in [0.717, 1.165) is 11.3 Å². The number of alkyl halides is 2. The minimum absolute atomic E-state index is 0.0554. The number of hydrogen-bond donors (Lipinski definition) is 1. The lowest BCUT2D eigenvalue weighted by molar-refractivity contribution is -0.0867. The third-order valence-electron chi connectivity index (χ3n) is 2.18. The van der Waals surface area contributed by atoms with Crippen molar-refractivity contribution in [1.82, 2.24) is 4.98 Å². The summed E-state index contributed by atoms with van der Waals surface area (Å²) in [6.07, 6.45) is -0.418. The van der Waals surface area contributed by atoms with E-state index in [0.29, 0.717) is 5.01 Å². The Labute approximate surface area is 82.4 Å². The van der Waals surface area contributed by atoms with Crippen molar-refractivity contribution >= 4 is 17.3 Å². The lowest BCUT2D eigenvalue weighted by Gasteiger charge is -2.33. The van der Waals surface area contributed by atoms with E-state index < -0.39 is 11.9 Å². The van der Waals surface area contributed by atoms with Crippen LogP contribution in [0, 0.1) is 0 Å². The Morgan fingerprint density at radius 3 is 2.71 bits per heavy atom. The van der Waals surface area contributed by atoms with Gasteiger partial charge in [-0.15, -0.1) is 11.3 Å². The normalized spacial score (nSPS) is 20.4. The van der Waals surface area contributed by atoms with E-state index in [9.17, 15) is 13.6 Å². The highest BCUT2D eigenvalue weighted by Crippen LogP contribution is 2.48. The van der Waals surface area contributed by atoms with Crippen LogP contribution in [0.4, 0.5) is 8.78 Å². The van der Waals surface area contributed by atoms with Crippen LogP contribution in [0.3, 0.4) is 0 Å². The summed E-state index contributed by atoms with van der Waals surface area (Å²) < 4.78 is 25.0. The molecule has 0 radical (unpaired) electrons. The van der Waals surface area contributed by atoms with Crippen molar-refractivity contribution in [3.8, 4) is 0 Å². The van der Waals surface area contributed by atoms with Gasteiger partial charge in [0.05, 0.1) is 5.01 Å². The van der Waals surface area contributed by atoms with Gasteiger partial charge in [-0.05, 0) is 0 Å². The van der Waals surface area contributed by atoms with Crippen molar-refractivity contribution in [3.05, 3.63) is 16.1 Å². The van der Waals surface area contributed by atoms with Gasteiger partial charge in [0, 0.05) is 24.1 Å². The summed E-state index contributed by atoms with van der Waals surface area (Å²) in [6, 6.07) is 0. The van der Waals surface area contributed by atoms with Crippen molar-refractivity contribution < 1.29 is 18.7 Å². The van der Waals surface area contributed by atoms with Crippen LogP contribution in [0.15, 0.2) is 5.38 Å². The number of aromatic carboxylic acids is 1. The number of hydrogen-bond acceptors (Lipinski definition) is 3. The van der Waals surface area contributed by atoms with Crippen molar-refractivity contribution in [3.63, 3.8) is 0 Å². The molecular weight excluding hydrogens is 212 g/mol. The van der Waals surface area contributed by atoms with E-state index in [1.807, 2.05) is 0 Å². The molecule has 76 valence electrons. The van der Waals surface area contributed by atoms with Gasteiger partial charge < -0.3 is 5.11 Å². The number of carboxylic acid groups (broad SMARTS) is 1. The van der Waals surface area contributed by atoms with Gasteiger partial charge in [0.1, 0.15) is 0 Å². The largest absolute Gasteiger partial charge is 0.476 e. The predicted molar refractivity (Wildman–Crippen MR) is 46.0 cm³/mol. The zero-order chi connectivity index (χ0) is 10.3. The fraction of sp³-hybridized carbons (Fsp3) is 0.500. The fourth-order valence-corrected chi connectivity index (χ4v) is 2.31. The van der Waals surface area contributed by atoms with Gasteiger partial charge in [0.2, 0.25) is 5.92 Å². The van der Waals surface area contributed by atoms with Crippen LogP contribution in [0.5, 0.6) is 0 Å². The zero-order valence-corrected chi connectivity index (χ0v) is 7.85. The molecule has 2 rings (SSSR count). The van der Waals surface area contributed by atoms with Crippen LogP contribution in [0.1, 0.15) is 34.3 Å². The highest BCUT2D eigenvalue weighted by Gasteiger charge is 2.47. The first-order valence-electron chi connectivity index (χ1n) is 4.04. The molecule has 3 nitrogen and oxygen atoms in total. The maximum atomic E-state index is 12.5. The zero-order valence-electron chi connectivity index (χ0n) is 7.04. The topological polar surface area (TPSA) is 50.2 Å². The second-order valence-corrected chi connectivity index (χ2v) is 4.23. The number of halogens is 2. The molecule has 1 heterocycles. The minimum Gasteiger partial charge on any atom is -0.476 e. The number of nitrogens with zero attached hydrogens (tertiary/aromatic N) is 1. The number of carboxylic acids is 1. The second-order valence-electron chi connectivity index (χ2n) is 3.34. The molecule has 0 aromatic carbocycles. The molecule has 0 saturated heterocycles. The summed E-state index contributed by atoms with van der Waals surface area (Å²) in [6.45, 7) is 0. The van der Waals surface area contributed by atoms with Gasteiger partial charge in [-0.3, -0.25) is 0 Å². The van der Waals surface area contributed by atoms with Gasteiger partial charge in [-0.1, -0.05) is 0 Å². The van der Waals surface area contributed by atoms with Crippen LogP contribution < -0.4 is 0 Å². The molecule has 1 fully saturated rings.